The fourth-order valence-corrected chi connectivity index (χ4v) is 1.69. The molecular formula is C13H12FN5O. The molecule has 0 radical (unpaired) electrons. The number of hydrogen-bond acceptors (Lipinski definition) is 4. The molecular weight excluding hydrogens is 261 g/mol. The summed E-state index contributed by atoms with van der Waals surface area (Å²) in [5.74, 6) is -0.570. The summed E-state index contributed by atoms with van der Waals surface area (Å²) >= 11 is 0. The van der Waals surface area contributed by atoms with Crippen molar-refractivity contribution < 1.29 is 9.18 Å². The predicted molar refractivity (Wildman–Crippen MR) is 67.7 cm³/mol. The van der Waals surface area contributed by atoms with Crippen LogP contribution in [0.2, 0.25) is 0 Å². The van der Waals surface area contributed by atoms with Gasteiger partial charge in [-0.05, 0) is 24.6 Å². The third kappa shape index (κ3) is 3.38. The van der Waals surface area contributed by atoms with Gasteiger partial charge in [-0.3, -0.25) is 4.79 Å². The van der Waals surface area contributed by atoms with Crippen LogP contribution in [0, 0.1) is 17.1 Å². The number of benzene rings is 1. The third-order valence-corrected chi connectivity index (χ3v) is 2.69. The van der Waals surface area contributed by atoms with E-state index in [0.29, 0.717) is 0 Å². The van der Waals surface area contributed by atoms with Gasteiger partial charge in [0.05, 0.1) is 6.04 Å². The van der Waals surface area contributed by atoms with E-state index in [-0.39, 0.29) is 30.1 Å². The summed E-state index contributed by atoms with van der Waals surface area (Å²) in [4.78, 5) is 15.5. The van der Waals surface area contributed by atoms with Gasteiger partial charge in [0.15, 0.2) is 0 Å². The number of carbonyl (C=O) groups is 1. The molecule has 2 aromatic rings. The summed E-state index contributed by atoms with van der Waals surface area (Å²) in [6, 6.07) is 7.45. The minimum atomic E-state index is -0.320. The molecule has 6 nitrogen and oxygen atoms in total. The molecule has 102 valence electrons. The van der Waals surface area contributed by atoms with Crippen molar-refractivity contribution in [2.24, 2.45) is 0 Å². The third-order valence-electron chi connectivity index (χ3n) is 2.69. The molecule has 1 aromatic heterocycles. The van der Waals surface area contributed by atoms with Crippen LogP contribution in [-0.2, 0) is 11.3 Å². The Morgan fingerprint density at radius 1 is 1.50 bits per heavy atom. The predicted octanol–water partition coefficient (Wildman–Crippen LogP) is 1.17. The molecule has 0 bridgehead atoms. The molecule has 2 rings (SSSR count). The van der Waals surface area contributed by atoms with Gasteiger partial charge in [0.2, 0.25) is 5.91 Å². The van der Waals surface area contributed by atoms with Crippen LogP contribution < -0.4 is 5.32 Å². The van der Waals surface area contributed by atoms with Crippen LogP contribution in [0.4, 0.5) is 4.39 Å². The smallest absolute Gasteiger partial charge is 0.252 e. The number of aromatic nitrogens is 3. The lowest BCUT2D eigenvalue weighted by molar-refractivity contribution is -0.122. The highest BCUT2D eigenvalue weighted by molar-refractivity contribution is 5.76. The second kappa shape index (κ2) is 5.93. The molecule has 0 spiro atoms. The van der Waals surface area contributed by atoms with E-state index < -0.39 is 0 Å². The van der Waals surface area contributed by atoms with Crippen LogP contribution in [0.1, 0.15) is 24.4 Å². The molecule has 20 heavy (non-hydrogen) atoms. The molecule has 0 saturated heterocycles. The highest BCUT2D eigenvalue weighted by atomic mass is 19.1. The van der Waals surface area contributed by atoms with Crippen LogP contribution in [0.5, 0.6) is 0 Å². The van der Waals surface area contributed by atoms with Gasteiger partial charge in [-0.1, -0.05) is 12.1 Å². The van der Waals surface area contributed by atoms with Gasteiger partial charge >= 0.3 is 0 Å². The quantitative estimate of drug-likeness (QED) is 0.906. The number of carbonyl (C=O) groups excluding carboxylic acids is 1. The lowest BCUT2D eigenvalue weighted by Gasteiger charge is -2.14. The van der Waals surface area contributed by atoms with E-state index in [4.69, 9.17) is 5.26 Å². The molecule has 0 fully saturated rings. The number of nitriles is 1. The van der Waals surface area contributed by atoms with E-state index in [2.05, 4.69) is 15.4 Å². The molecule has 0 aliphatic rings. The van der Waals surface area contributed by atoms with Crippen LogP contribution in [-0.4, -0.2) is 20.7 Å². The zero-order chi connectivity index (χ0) is 14.5. The van der Waals surface area contributed by atoms with E-state index in [1.807, 2.05) is 0 Å². The summed E-state index contributed by atoms with van der Waals surface area (Å²) in [7, 11) is 0. The highest BCUT2D eigenvalue weighted by Gasteiger charge is 2.11. The number of hydrogen-bond donors (Lipinski definition) is 1. The molecule has 1 aromatic carbocycles. The minimum Gasteiger partial charge on any atom is -0.348 e. The van der Waals surface area contributed by atoms with Crippen molar-refractivity contribution in [3.05, 3.63) is 47.8 Å². The maximum atomic E-state index is 12.8. The van der Waals surface area contributed by atoms with Crippen LogP contribution in [0.15, 0.2) is 30.6 Å². The van der Waals surface area contributed by atoms with Crippen LogP contribution in [0.25, 0.3) is 0 Å². The standard InChI is InChI=1S/C13H12FN5O/c1-9(10-2-4-11(14)5-3-10)17-13(20)7-19-8-16-12(6-15)18-19/h2-5,8-9H,7H2,1H3,(H,17,20). The number of nitrogens with zero attached hydrogens (tertiary/aromatic N) is 4. The van der Waals surface area contributed by atoms with Gasteiger partial charge in [-0.15, -0.1) is 5.10 Å². The van der Waals surface area contributed by atoms with Gasteiger partial charge in [0.25, 0.3) is 5.82 Å². The first kappa shape index (κ1) is 13.7. The van der Waals surface area contributed by atoms with E-state index in [9.17, 15) is 9.18 Å². The molecule has 7 heteroatoms. The lowest BCUT2D eigenvalue weighted by Crippen LogP contribution is -2.30. The van der Waals surface area contributed by atoms with Crippen molar-refractivity contribution >= 4 is 5.91 Å². The van der Waals surface area contributed by atoms with Crippen molar-refractivity contribution in [3.8, 4) is 6.07 Å². The van der Waals surface area contributed by atoms with Crippen molar-refractivity contribution in [2.45, 2.75) is 19.5 Å². The van der Waals surface area contributed by atoms with E-state index in [0.717, 1.165) is 5.56 Å². The van der Waals surface area contributed by atoms with Crippen molar-refractivity contribution in [1.29, 1.82) is 5.26 Å². The first-order valence-corrected chi connectivity index (χ1v) is 5.93. The fourth-order valence-electron chi connectivity index (χ4n) is 1.69. The van der Waals surface area contributed by atoms with Gasteiger partial charge < -0.3 is 5.32 Å². The number of nitrogens with one attached hydrogen (secondary N) is 1. The summed E-state index contributed by atoms with van der Waals surface area (Å²) in [6.07, 6.45) is 1.32. The summed E-state index contributed by atoms with van der Waals surface area (Å²) < 4.78 is 14.1. The van der Waals surface area contributed by atoms with Crippen molar-refractivity contribution in [1.82, 2.24) is 20.1 Å². The van der Waals surface area contributed by atoms with Crippen LogP contribution in [0.3, 0.4) is 0 Å². The first-order valence-electron chi connectivity index (χ1n) is 5.93. The molecule has 1 amide bonds. The van der Waals surface area contributed by atoms with Gasteiger partial charge in [0, 0.05) is 0 Å². The Hall–Kier alpha value is -2.75. The van der Waals surface area contributed by atoms with E-state index in [1.165, 1.54) is 23.1 Å². The normalized spacial score (nSPS) is 11.7. The molecule has 1 unspecified atom stereocenters. The SMILES string of the molecule is CC(NC(=O)Cn1cnc(C#N)n1)c1ccc(F)cc1. The first-order chi connectivity index (χ1) is 9.58. The lowest BCUT2D eigenvalue weighted by atomic mass is 10.1. The Balaban J connectivity index is 1.94. The Morgan fingerprint density at radius 2 is 2.20 bits per heavy atom. The molecule has 1 heterocycles. The minimum absolute atomic E-state index is 0.0179. The molecule has 0 saturated carbocycles. The number of rotatable bonds is 4. The van der Waals surface area contributed by atoms with Gasteiger partial charge in [-0.25, -0.2) is 14.1 Å². The topological polar surface area (TPSA) is 83.6 Å². The average molecular weight is 273 g/mol. The maximum Gasteiger partial charge on any atom is 0.252 e. The summed E-state index contributed by atoms with van der Waals surface area (Å²) in [5, 5.41) is 15.1. The fraction of sp³-hybridized carbons (Fsp3) is 0.231. The van der Waals surface area contributed by atoms with Crippen molar-refractivity contribution in [2.75, 3.05) is 0 Å². The van der Waals surface area contributed by atoms with E-state index >= 15 is 0 Å². The molecule has 0 aliphatic heterocycles. The largest absolute Gasteiger partial charge is 0.348 e. The summed E-state index contributed by atoms with van der Waals surface area (Å²) in [6.45, 7) is 1.77. The molecule has 0 aliphatic carbocycles. The monoisotopic (exact) mass is 273 g/mol. The zero-order valence-electron chi connectivity index (χ0n) is 10.7. The molecule has 1 N–H and O–H groups in total. The Kier molecular flexibility index (Phi) is 4.05. The Bertz CT molecular complexity index is 644. The second-order valence-corrected chi connectivity index (χ2v) is 4.22. The highest BCUT2D eigenvalue weighted by Crippen LogP contribution is 2.12. The molecule has 1 atom stereocenters. The van der Waals surface area contributed by atoms with Gasteiger partial charge in [0.1, 0.15) is 24.8 Å². The zero-order valence-corrected chi connectivity index (χ0v) is 10.7. The maximum absolute atomic E-state index is 12.8. The second-order valence-electron chi connectivity index (χ2n) is 4.22. The Morgan fingerprint density at radius 3 is 2.80 bits per heavy atom. The summed E-state index contributed by atoms with van der Waals surface area (Å²) in [5.41, 5.74) is 0.802. The van der Waals surface area contributed by atoms with Gasteiger partial charge in [-0.2, -0.15) is 5.26 Å². The Labute approximate surface area is 114 Å². The van der Waals surface area contributed by atoms with E-state index in [1.54, 1.807) is 25.1 Å². The number of amides is 1. The van der Waals surface area contributed by atoms with Crippen molar-refractivity contribution in [3.63, 3.8) is 0 Å². The average Bonchev–Trinajstić information content (AvgIpc) is 2.86. The van der Waals surface area contributed by atoms with Crippen LogP contribution >= 0.6 is 0 Å². The number of halogens is 1.